The molecule has 1 fully saturated rings. The number of carbonyl (C=O) groups excluding carboxylic acids is 1. The molecule has 176 valence electrons. The summed E-state index contributed by atoms with van der Waals surface area (Å²) < 4.78 is 35.1. The fraction of sp³-hybridized carbons (Fsp3) is 0.455. The van der Waals surface area contributed by atoms with Crippen molar-refractivity contribution in [3.05, 3.63) is 41.6 Å². The Balaban J connectivity index is 1.46. The van der Waals surface area contributed by atoms with Gasteiger partial charge in [-0.2, -0.15) is 9.40 Å². The Bertz CT molecular complexity index is 1210. The van der Waals surface area contributed by atoms with E-state index in [0.29, 0.717) is 12.2 Å². The van der Waals surface area contributed by atoms with E-state index in [1.807, 2.05) is 13.8 Å². The Kier molecular flexibility index (Phi) is 6.61. The van der Waals surface area contributed by atoms with Crippen LogP contribution in [-0.4, -0.2) is 51.2 Å². The third-order valence-electron chi connectivity index (χ3n) is 6.00. The lowest BCUT2D eigenvalue weighted by molar-refractivity contribution is 0.102. The molecule has 0 unspecified atom stereocenters. The van der Waals surface area contributed by atoms with Gasteiger partial charge < -0.3 is 4.42 Å². The average Bonchev–Trinajstić information content (AvgIpc) is 3.41. The maximum absolute atomic E-state index is 13.2. The number of hydrogen-bond donors (Lipinski definition) is 1. The zero-order valence-corrected chi connectivity index (χ0v) is 19.8. The predicted octanol–water partition coefficient (Wildman–Crippen LogP) is 3.37. The van der Waals surface area contributed by atoms with Gasteiger partial charge in [-0.25, -0.2) is 8.42 Å². The molecule has 1 amide bonds. The largest absolute Gasteiger partial charge is 0.401 e. The molecule has 0 bridgehead atoms. The molecule has 0 aliphatic heterocycles. The Labute approximate surface area is 193 Å². The molecule has 1 aromatic carbocycles. The van der Waals surface area contributed by atoms with E-state index < -0.39 is 15.9 Å². The summed E-state index contributed by atoms with van der Waals surface area (Å²) in [6, 6.07) is 7.66. The van der Waals surface area contributed by atoms with Gasteiger partial charge in [-0.3, -0.25) is 14.8 Å². The molecule has 0 spiro atoms. The first-order chi connectivity index (χ1) is 15.8. The molecule has 1 aliphatic rings. The average molecular weight is 473 g/mol. The van der Waals surface area contributed by atoms with E-state index >= 15 is 0 Å². The predicted molar refractivity (Wildman–Crippen MR) is 122 cm³/mol. The number of anilines is 1. The van der Waals surface area contributed by atoms with E-state index in [-0.39, 0.29) is 28.4 Å². The molecule has 33 heavy (non-hydrogen) atoms. The smallest absolute Gasteiger partial charge is 0.322 e. The molecule has 0 radical (unpaired) electrons. The zero-order valence-electron chi connectivity index (χ0n) is 19.0. The number of carbonyl (C=O) groups is 1. The van der Waals surface area contributed by atoms with Gasteiger partial charge in [-0.1, -0.05) is 31.3 Å². The van der Waals surface area contributed by atoms with Crippen LogP contribution >= 0.6 is 0 Å². The zero-order chi connectivity index (χ0) is 23.6. The second kappa shape index (κ2) is 9.44. The Hall–Kier alpha value is -3.05. The van der Waals surface area contributed by atoms with Crippen LogP contribution in [0.1, 0.15) is 55.1 Å². The van der Waals surface area contributed by atoms with Gasteiger partial charge >= 0.3 is 6.01 Å². The standard InChI is InChI=1S/C22H28N6O4S/c1-4-28(17-8-6-5-7-9-17)33(30,31)18-12-10-16(11-13-18)20(29)23-22-25-24-21(32-22)19-14-15(2)27(3)26-19/h10-14,17H,4-9H2,1-3H3,(H,23,25,29). The monoisotopic (exact) mass is 472 g/mol. The Morgan fingerprint density at radius 1 is 1.18 bits per heavy atom. The van der Waals surface area contributed by atoms with Crippen LogP contribution in [0.15, 0.2) is 39.6 Å². The highest BCUT2D eigenvalue weighted by atomic mass is 32.2. The summed E-state index contributed by atoms with van der Waals surface area (Å²) in [6.45, 7) is 4.18. The first-order valence-electron chi connectivity index (χ1n) is 11.1. The summed E-state index contributed by atoms with van der Waals surface area (Å²) in [7, 11) is -1.83. The molecule has 0 atom stereocenters. The van der Waals surface area contributed by atoms with Gasteiger partial charge in [0.15, 0.2) is 0 Å². The van der Waals surface area contributed by atoms with Gasteiger partial charge in [0.1, 0.15) is 5.69 Å². The van der Waals surface area contributed by atoms with Crippen molar-refractivity contribution in [2.75, 3.05) is 11.9 Å². The Morgan fingerprint density at radius 3 is 2.48 bits per heavy atom. The highest BCUT2D eigenvalue weighted by Crippen LogP contribution is 2.28. The first-order valence-corrected chi connectivity index (χ1v) is 12.5. The van der Waals surface area contributed by atoms with Crippen LogP contribution in [0.5, 0.6) is 0 Å². The number of aryl methyl sites for hydroxylation is 2. The molecule has 1 aliphatic carbocycles. The van der Waals surface area contributed by atoms with E-state index in [1.54, 1.807) is 22.1 Å². The van der Waals surface area contributed by atoms with E-state index in [9.17, 15) is 13.2 Å². The molecule has 11 heteroatoms. The lowest BCUT2D eigenvalue weighted by Gasteiger charge is -2.32. The lowest BCUT2D eigenvalue weighted by atomic mass is 9.95. The Morgan fingerprint density at radius 2 is 1.88 bits per heavy atom. The molecule has 10 nitrogen and oxygen atoms in total. The third-order valence-corrected chi connectivity index (χ3v) is 8.04. The van der Waals surface area contributed by atoms with Crippen molar-refractivity contribution < 1.29 is 17.6 Å². The van der Waals surface area contributed by atoms with Crippen LogP contribution in [0, 0.1) is 6.92 Å². The number of rotatable bonds is 7. The lowest BCUT2D eigenvalue weighted by Crippen LogP contribution is -2.41. The topological polar surface area (TPSA) is 123 Å². The summed E-state index contributed by atoms with van der Waals surface area (Å²) in [6.07, 6.45) is 5.02. The maximum atomic E-state index is 13.2. The number of nitrogens with one attached hydrogen (secondary N) is 1. The molecular weight excluding hydrogens is 444 g/mol. The van der Waals surface area contributed by atoms with Crippen molar-refractivity contribution in [1.82, 2.24) is 24.3 Å². The molecule has 4 rings (SSSR count). The van der Waals surface area contributed by atoms with Crippen LogP contribution < -0.4 is 5.32 Å². The molecule has 2 heterocycles. The first kappa shape index (κ1) is 23.1. The minimum Gasteiger partial charge on any atom is -0.401 e. The minimum atomic E-state index is -3.63. The number of hydrogen-bond acceptors (Lipinski definition) is 7. The number of benzene rings is 1. The fourth-order valence-corrected chi connectivity index (χ4v) is 5.81. The van der Waals surface area contributed by atoms with Gasteiger partial charge in [-0.05, 0) is 50.1 Å². The van der Waals surface area contributed by atoms with E-state index in [1.165, 1.54) is 24.3 Å². The van der Waals surface area contributed by atoms with Crippen molar-refractivity contribution in [1.29, 1.82) is 0 Å². The second-order valence-corrected chi connectivity index (χ2v) is 10.1. The molecular formula is C22H28N6O4S. The van der Waals surface area contributed by atoms with Gasteiger partial charge in [0.25, 0.3) is 11.8 Å². The van der Waals surface area contributed by atoms with Crippen LogP contribution in [0.2, 0.25) is 0 Å². The van der Waals surface area contributed by atoms with Gasteiger partial charge in [0, 0.05) is 30.9 Å². The summed E-state index contributed by atoms with van der Waals surface area (Å²) in [4.78, 5) is 12.8. The van der Waals surface area contributed by atoms with E-state index in [4.69, 9.17) is 4.42 Å². The van der Waals surface area contributed by atoms with Crippen molar-refractivity contribution in [2.45, 2.75) is 56.9 Å². The summed E-state index contributed by atoms with van der Waals surface area (Å²) in [5, 5.41) is 14.6. The van der Waals surface area contributed by atoms with Crippen LogP contribution in [0.4, 0.5) is 6.01 Å². The molecule has 0 saturated heterocycles. The number of aromatic nitrogens is 4. The minimum absolute atomic E-state index is 0.0336. The molecule has 3 aromatic rings. The highest BCUT2D eigenvalue weighted by Gasteiger charge is 2.31. The third kappa shape index (κ3) is 4.83. The quantitative estimate of drug-likeness (QED) is 0.559. The van der Waals surface area contributed by atoms with Crippen LogP contribution in [0.3, 0.4) is 0 Å². The van der Waals surface area contributed by atoms with Crippen molar-refractivity contribution >= 4 is 21.9 Å². The van der Waals surface area contributed by atoms with E-state index in [0.717, 1.165) is 37.8 Å². The summed E-state index contributed by atoms with van der Waals surface area (Å²) in [5.41, 5.74) is 1.72. The van der Waals surface area contributed by atoms with Crippen molar-refractivity contribution in [2.24, 2.45) is 7.05 Å². The summed E-state index contributed by atoms with van der Waals surface area (Å²) >= 11 is 0. The molecule has 1 N–H and O–H groups in total. The van der Waals surface area contributed by atoms with Crippen molar-refractivity contribution in [3.63, 3.8) is 0 Å². The normalized spacial score (nSPS) is 15.2. The van der Waals surface area contributed by atoms with Crippen LogP contribution in [-0.2, 0) is 17.1 Å². The van der Waals surface area contributed by atoms with Gasteiger partial charge in [0.2, 0.25) is 10.0 Å². The highest BCUT2D eigenvalue weighted by molar-refractivity contribution is 7.89. The number of sulfonamides is 1. The molecule has 1 saturated carbocycles. The van der Waals surface area contributed by atoms with Crippen LogP contribution in [0.25, 0.3) is 11.6 Å². The second-order valence-electron chi connectivity index (χ2n) is 8.19. The van der Waals surface area contributed by atoms with Gasteiger partial charge in [-0.15, -0.1) is 5.10 Å². The maximum Gasteiger partial charge on any atom is 0.322 e. The van der Waals surface area contributed by atoms with E-state index in [2.05, 4.69) is 20.6 Å². The summed E-state index contributed by atoms with van der Waals surface area (Å²) in [5.74, 6) is -0.288. The molecule has 2 aromatic heterocycles. The number of nitrogens with zero attached hydrogens (tertiary/aromatic N) is 5. The van der Waals surface area contributed by atoms with Gasteiger partial charge in [0.05, 0.1) is 4.90 Å². The number of amides is 1. The SMILES string of the molecule is CCN(C1CCCCC1)S(=O)(=O)c1ccc(C(=O)Nc2nnc(-c3cc(C)n(C)n3)o2)cc1. The van der Waals surface area contributed by atoms with Crippen molar-refractivity contribution in [3.8, 4) is 11.6 Å². The fourth-order valence-electron chi connectivity index (χ4n) is 4.12.